The summed E-state index contributed by atoms with van der Waals surface area (Å²) in [6, 6.07) is 4.93. The molecule has 0 aliphatic carbocycles. The Balaban J connectivity index is 2.24. The highest BCUT2D eigenvalue weighted by atomic mass is 16.3. The molecule has 2 N–H and O–H groups in total. The molecule has 0 aliphatic rings. The van der Waals surface area contributed by atoms with Crippen LogP contribution in [0.4, 0.5) is 5.69 Å². The second kappa shape index (κ2) is 4.61. The van der Waals surface area contributed by atoms with Gasteiger partial charge in [0.2, 0.25) is 0 Å². The van der Waals surface area contributed by atoms with Crippen LogP contribution in [0.5, 0.6) is 5.75 Å². The second-order valence-electron chi connectivity index (χ2n) is 3.48. The number of nitrogens with one attached hydrogen (secondary N) is 1. The maximum atomic E-state index is 11.9. The molecule has 0 aliphatic heterocycles. The Kier molecular flexibility index (Phi) is 3.00. The number of hydrogen-bond donors (Lipinski definition) is 2. The van der Waals surface area contributed by atoms with Crippen molar-refractivity contribution >= 4 is 11.6 Å². The predicted octanol–water partition coefficient (Wildman–Crippen LogP) is 1.74. The fourth-order valence-electron chi connectivity index (χ4n) is 1.38. The largest absolute Gasteiger partial charge is 0.505 e. The lowest BCUT2D eigenvalue weighted by Gasteiger charge is -2.07. The van der Waals surface area contributed by atoms with Gasteiger partial charge in [-0.05, 0) is 25.1 Å². The minimum absolute atomic E-state index is 0.147. The van der Waals surface area contributed by atoms with Gasteiger partial charge in [-0.1, -0.05) is 0 Å². The van der Waals surface area contributed by atoms with Crippen LogP contribution in [-0.2, 0) is 0 Å². The van der Waals surface area contributed by atoms with Crippen LogP contribution in [0.1, 0.15) is 16.1 Å². The number of rotatable bonds is 2. The van der Waals surface area contributed by atoms with Gasteiger partial charge in [-0.2, -0.15) is 0 Å². The van der Waals surface area contributed by atoms with Gasteiger partial charge in [0.05, 0.1) is 23.1 Å². The third-order valence-corrected chi connectivity index (χ3v) is 2.30. The van der Waals surface area contributed by atoms with Crippen molar-refractivity contribution in [3.63, 3.8) is 0 Å². The molecule has 0 spiro atoms. The summed E-state index contributed by atoms with van der Waals surface area (Å²) in [5, 5.41) is 12.2. The first-order valence-electron chi connectivity index (χ1n) is 5.04. The van der Waals surface area contributed by atoms with Crippen LogP contribution in [-0.4, -0.2) is 21.0 Å². The van der Waals surface area contributed by atoms with Gasteiger partial charge in [-0.25, -0.2) is 0 Å². The topological polar surface area (TPSA) is 75.1 Å². The normalized spacial score (nSPS) is 9.94. The summed E-state index contributed by atoms with van der Waals surface area (Å²) in [5.74, 6) is -0.535. The fraction of sp³-hybridized carbons (Fsp3) is 0.0833. The zero-order valence-electron chi connectivity index (χ0n) is 9.21. The van der Waals surface area contributed by atoms with Crippen LogP contribution >= 0.6 is 0 Å². The van der Waals surface area contributed by atoms with Crippen LogP contribution in [0.2, 0.25) is 0 Å². The van der Waals surface area contributed by atoms with Crippen LogP contribution in [0.25, 0.3) is 0 Å². The first-order valence-corrected chi connectivity index (χ1v) is 5.04. The molecule has 2 aromatic rings. The van der Waals surface area contributed by atoms with Crippen molar-refractivity contribution in [1.82, 2.24) is 9.97 Å². The van der Waals surface area contributed by atoms with Gasteiger partial charge in [-0.3, -0.25) is 14.8 Å². The first-order chi connectivity index (χ1) is 8.18. The Morgan fingerprint density at radius 2 is 2.18 bits per heavy atom. The monoisotopic (exact) mass is 229 g/mol. The van der Waals surface area contributed by atoms with E-state index in [0.29, 0.717) is 5.69 Å². The molecule has 0 saturated carbocycles. The van der Waals surface area contributed by atoms with Crippen molar-refractivity contribution in [1.29, 1.82) is 0 Å². The highest BCUT2D eigenvalue weighted by Crippen LogP contribution is 2.17. The van der Waals surface area contributed by atoms with Crippen molar-refractivity contribution in [3.05, 3.63) is 48.0 Å². The number of aromatic nitrogens is 2. The molecular weight excluding hydrogens is 218 g/mol. The first kappa shape index (κ1) is 11.1. The average Bonchev–Trinajstić information content (AvgIpc) is 2.32. The lowest BCUT2D eigenvalue weighted by Crippen LogP contribution is -2.13. The van der Waals surface area contributed by atoms with Gasteiger partial charge in [0.25, 0.3) is 5.91 Å². The lowest BCUT2D eigenvalue weighted by molar-refractivity contribution is 0.102. The summed E-state index contributed by atoms with van der Waals surface area (Å²) in [7, 11) is 0. The molecule has 2 heterocycles. The van der Waals surface area contributed by atoms with Crippen molar-refractivity contribution in [2.45, 2.75) is 6.92 Å². The minimum Gasteiger partial charge on any atom is -0.505 e. The number of aryl methyl sites for hydroxylation is 1. The minimum atomic E-state index is -0.388. The molecule has 0 aromatic carbocycles. The van der Waals surface area contributed by atoms with E-state index in [1.807, 2.05) is 0 Å². The molecule has 86 valence electrons. The summed E-state index contributed by atoms with van der Waals surface area (Å²) in [6.45, 7) is 1.79. The van der Waals surface area contributed by atoms with Crippen LogP contribution in [0, 0.1) is 6.92 Å². The van der Waals surface area contributed by atoms with Crippen LogP contribution in [0.3, 0.4) is 0 Å². The molecule has 0 bridgehead atoms. The summed E-state index contributed by atoms with van der Waals surface area (Å²) in [6.07, 6.45) is 4.32. The Labute approximate surface area is 98.2 Å². The third kappa shape index (κ3) is 2.39. The maximum absolute atomic E-state index is 11.9. The van der Waals surface area contributed by atoms with E-state index in [1.165, 1.54) is 18.5 Å². The van der Waals surface area contributed by atoms with Crippen molar-refractivity contribution in [2.75, 3.05) is 5.32 Å². The number of carbonyl (C=O) groups excluding carboxylic acids is 1. The highest BCUT2D eigenvalue weighted by molar-refractivity contribution is 6.06. The molecule has 1 amide bonds. The van der Waals surface area contributed by atoms with Crippen LogP contribution in [0.15, 0.2) is 36.8 Å². The molecule has 2 rings (SSSR count). The van der Waals surface area contributed by atoms with E-state index >= 15 is 0 Å². The van der Waals surface area contributed by atoms with E-state index in [9.17, 15) is 9.90 Å². The van der Waals surface area contributed by atoms with E-state index in [4.69, 9.17) is 0 Å². The molecule has 0 atom stereocenters. The molecule has 17 heavy (non-hydrogen) atoms. The van der Waals surface area contributed by atoms with Crippen molar-refractivity contribution < 1.29 is 9.90 Å². The number of amides is 1. The fourth-order valence-corrected chi connectivity index (χ4v) is 1.38. The Bertz CT molecular complexity index is 555. The van der Waals surface area contributed by atoms with E-state index in [-0.39, 0.29) is 17.2 Å². The third-order valence-electron chi connectivity index (χ3n) is 2.30. The number of pyridine rings is 2. The Hall–Kier alpha value is -2.43. The predicted molar refractivity (Wildman–Crippen MR) is 62.8 cm³/mol. The molecule has 5 heteroatoms. The van der Waals surface area contributed by atoms with Crippen LogP contribution < -0.4 is 5.32 Å². The quantitative estimate of drug-likeness (QED) is 0.822. The SMILES string of the molecule is Cc1ncccc1NC(=O)c1ccncc1O. The molecule has 5 nitrogen and oxygen atoms in total. The van der Waals surface area contributed by atoms with E-state index in [0.717, 1.165) is 5.69 Å². The smallest absolute Gasteiger partial charge is 0.259 e. The maximum Gasteiger partial charge on any atom is 0.259 e. The number of carbonyl (C=O) groups is 1. The highest BCUT2D eigenvalue weighted by Gasteiger charge is 2.11. The average molecular weight is 229 g/mol. The number of anilines is 1. The van der Waals surface area contributed by atoms with Crippen molar-refractivity contribution in [2.24, 2.45) is 0 Å². The second-order valence-corrected chi connectivity index (χ2v) is 3.48. The molecular formula is C12H11N3O2. The van der Waals surface area contributed by atoms with Crippen molar-refractivity contribution in [3.8, 4) is 5.75 Å². The van der Waals surface area contributed by atoms with Gasteiger partial charge in [0.15, 0.2) is 0 Å². The Morgan fingerprint density at radius 1 is 1.35 bits per heavy atom. The van der Waals surface area contributed by atoms with Gasteiger partial charge >= 0.3 is 0 Å². The number of hydrogen-bond acceptors (Lipinski definition) is 4. The lowest BCUT2D eigenvalue weighted by atomic mass is 10.2. The van der Waals surface area contributed by atoms with E-state index < -0.39 is 0 Å². The van der Waals surface area contributed by atoms with E-state index in [2.05, 4.69) is 15.3 Å². The molecule has 0 unspecified atom stereocenters. The molecule has 2 aromatic heterocycles. The molecule has 0 radical (unpaired) electrons. The summed E-state index contributed by atoms with van der Waals surface area (Å²) in [4.78, 5) is 19.6. The van der Waals surface area contributed by atoms with Gasteiger partial charge in [0, 0.05) is 12.4 Å². The van der Waals surface area contributed by atoms with Gasteiger partial charge in [-0.15, -0.1) is 0 Å². The Morgan fingerprint density at radius 3 is 2.88 bits per heavy atom. The molecule has 0 saturated heterocycles. The summed E-state index contributed by atoms with van der Waals surface area (Å²) < 4.78 is 0. The van der Waals surface area contributed by atoms with Gasteiger partial charge < -0.3 is 10.4 Å². The standard InChI is InChI=1S/C12H11N3O2/c1-8-10(3-2-5-14-8)15-12(17)9-4-6-13-7-11(9)16/h2-7,16H,1H3,(H,15,17). The number of nitrogens with zero attached hydrogens (tertiary/aromatic N) is 2. The summed E-state index contributed by atoms with van der Waals surface area (Å²) >= 11 is 0. The zero-order chi connectivity index (χ0) is 12.3. The zero-order valence-corrected chi connectivity index (χ0v) is 9.21. The van der Waals surface area contributed by atoms with Gasteiger partial charge in [0.1, 0.15) is 5.75 Å². The van der Waals surface area contributed by atoms with E-state index in [1.54, 1.807) is 25.3 Å². The number of aromatic hydroxyl groups is 1. The summed E-state index contributed by atoms with van der Waals surface area (Å²) in [5.41, 5.74) is 1.52. The molecule has 0 fully saturated rings.